The number of β-amino-alcohol motifs (C(OH)–C–C–N with tert-alkyl or cyclic N) is 1. The number of aromatic nitrogens is 3. The van der Waals surface area contributed by atoms with Gasteiger partial charge in [0.05, 0.1) is 5.60 Å². The maximum Gasteiger partial charge on any atom is 0.330 e. The minimum Gasteiger partial charge on any atom is -0.386 e. The van der Waals surface area contributed by atoms with E-state index in [0.717, 1.165) is 34.6 Å². The Balaban J connectivity index is 1.97. The van der Waals surface area contributed by atoms with Gasteiger partial charge in [-0.2, -0.15) is 4.98 Å². The van der Waals surface area contributed by atoms with Crippen LogP contribution in [0.15, 0.2) is 12.3 Å². The first-order valence-corrected chi connectivity index (χ1v) is 7.68. The number of nitrogens with zero attached hydrogens (tertiary/aromatic N) is 5. The van der Waals surface area contributed by atoms with E-state index in [-0.39, 0.29) is 0 Å². The third-order valence-corrected chi connectivity index (χ3v) is 3.80. The number of aryl methyl sites for hydroxylation is 1. The summed E-state index contributed by atoms with van der Waals surface area (Å²) in [4.78, 5) is 15.3. The molecule has 118 valence electrons. The molecule has 1 saturated heterocycles. The van der Waals surface area contributed by atoms with Crippen LogP contribution in [0.5, 0.6) is 6.01 Å². The van der Waals surface area contributed by atoms with Crippen LogP contribution in [-0.4, -0.2) is 57.1 Å². The molecule has 22 heavy (non-hydrogen) atoms. The number of aliphatic hydroxyl groups is 1. The summed E-state index contributed by atoms with van der Waals surface area (Å²) in [6.45, 7) is 4.85. The minimum atomic E-state index is -0.662. The van der Waals surface area contributed by atoms with E-state index in [4.69, 9.17) is 4.18 Å². The second-order valence-corrected chi connectivity index (χ2v) is 7.05. The Kier molecular flexibility index (Phi) is 3.84. The van der Waals surface area contributed by atoms with Gasteiger partial charge in [-0.15, -0.1) is 0 Å². The molecule has 1 fully saturated rings. The molecule has 3 heterocycles. The van der Waals surface area contributed by atoms with Crippen LogP contribution in [0.4, 0.5) is 5.82 Å². The number of anilines is 1. The molecule has 0 bridgehead atoms. The second kappa shape index (κ2) is 5.53. The molecule has 0 saturated carbocycles. The Bertz CT molecular complexity index is 699. The Labute approximate surface area is 133 Å². The van der Waals surface area contributed by atoms with Gasteiger partial charge < -0.3 is 14.2 Å². The fourth-order valence-corrected chi connectivity index (χ4v) is 2.73. The highest BCUT2D eigenvalue weighted by Crippen LogP contribution is 2.32. The second-order valence-electron chi connectivity index (χ2n) is 6.00. The third-order valence-electron chi connectivity index (χ3n) is 3.28. The zero-order valence-corrected chi connectivity index (χ0v) is 13.9. The molecule has 1 N–H and O–H groups in total. The van der Waals surface area contributed by atoms with Crippen LogP contribution in [0.1, 0.15) is 12.6 Å². The summed E-state index contributed by atoms with van der Waals surface area (Å²) in [5, 5.41) is 10.9. The van der Waals surface area contributed by atoms with Gasteiger partial charge in [0.15, 0.2) is 5.82 Å². The monoisotopic (exact) mass is 321 g/mol. The fraction of sp³-hybridized carbons (Fsp3) is 0.500. The Morgan fingerprint density at radius 2 is 2.09 bits per heavy atom. The number of hydrogen-bond donors (Lipinski definition) is 1. The van der Waals surface area contributed by atoms with E-state index in [1.165, 1.54) is 0 Å². The maximum atomic E-state index is 9.95. The van der Waals surface area contributed by atoms with E-state index in [1.54, 1.807) is 6.20 Å². The molecule has 2 aromatic rings. The van der Waals surface area contributed by atoms with E-state index in [2.05, 4.69) is 15.0 Å². The summed E-state index contributed by atoms with van der Waals surface area (Å²) in [6, 6.07) is 2.24. The Morgan fingerprint density at radius 1 is 1.36 bits per heavy atom. The lowest BCUT2D eigenvalue weighted by Gasteiger charge is -2.45. The Hall–Kier alpha value is -1.64. The van der Waals surface area contributed by atoms with Crippen LogP contribution < -0.4 is 9.08 Å². The lowest BCUT2D eigenvalue weighted by atomic mass is 9.97. The van der Waals surface area contributed by atoms with Crippen LogP contribution in [0.3, 0.4) is 0 Å². The van der Waals surface area contributed by atoms with E-state index in [0.29, 0.717) is 19.1 Å². The number of pyridine rings is 1. The fourth-order valence-electron chi connectivity index (χ4n) is 2.43. The van der Waals surface area contributed by atoms with Crippen LogP contribution in [0, 0.1) is 6.92 Å². The topological polar surface area (TPSA) is 74.6 Å². The van der Waals surface area contributed by atoms with Gasteiger partial charge in [0.1, 0.15) is 17.7 Å². The molecular formula is C14H19N5O2S. The van der Waals surface area contributed by atoms with Crippen LogP contribution in [0.25, 0.3) is 10.9 Å². The van der Waals surface area contributed by atoms with Crippen molar-refractivity contribution in [3.8, 4) is 6.01 Å². The summed E-state index contributed by atoms with van der Waals surface area (Å²) in [7, 11) is 3.76. The van der Waals surface area contributed by atoms with E-state index >= 15 is 0 Å². The molecule has 1 aliphatic heterocycles. The largest absolute Gasteiger partial charge is 0.386 e. The van der Waals surface area contributed by atoms with Crippen molar-refractivity contribution in [1.29, 1.82) is 0 Å². The predicted molar refractivity (Wildman–Crippen MR) is 86.8 cm³/mol. The molecule has 0 unspecified atom stereocenters. The summed E-state index contributed by atoms with van der Waals surface area (Å²) in [6.07, 6.45) is 1.74. The molecule has 7 nitrogen and oxygen atoms in total. The van der Waals surface area contributed by atoms with Gasteiger partial charge in [-0.25, -0.2) is 14.3 Å². The van der Waals surface area contributed by atoms with Crippen molar-refractivity contribution in [1.82, 2.24) is 19.3 Å². The Morgan fingerprint density at radius 3 is 2.73 bits per heavy atom. The van der Waals surface area contributed by atoms with Crippen LogP contribution >= 0.6 is 12.2 Å². The molecular weight excluding hydrogens is 302 g/mol. The summed E-state index contributed by atoms with van der Waals surface area (Å²) in [5.41, 5.74) is 0.977. The van der Waals surface area contributed by atoms with Crippen LogP contribution in [0.2, 0.25) is 0 Å². The number of fused-ring (bicyclic) bond motifs is 1. The van der Waals surface area contributed by atoms with E-state index in [1.807, 2.05) is 43.2 Å². The molecule has 2 aromatic heterocycles. The molecule has 3 rings (SSSR count). The zero-order chi connectivity index (χ0) is 15.9. The highest BCUT2D eigenvalue weighted by atomic mass is 32.2. The van der Waals surface area contributed by atoms with Gasteiger partial charge in [-0.3, -0.25) is 0 Å². The first-order valence-electron chi connectivity index (χ1n) is 6.98. The summed E-state index contributed by atoms with van der Waals surface area (Å²) >= 11 is 1.16. The number of hydrogen-bond acceptors (Lipinski definition) is 8. The zero-order valence-electron chi connectivity index (χ0n) is 13.1. The lowest BCUT2D eigenvalue weighted by Crippen LogP contribution is -2.60. The van der Waals surface area contributed by atoms with Gasteiger partial charge in [-0.05, 0) is 19.9 Å². The third kappa shape index (κ3) is 3.08. The van der Waals surface area contributed by atoms with Crippen molar-refractivity contribution in [2.24, 2.45) is 0 Å². The lowest BCUT2D eigenvalue weighted by molar-refractivity contribution is 0.0307. The molecule has 8 heteroatoms. The molecule has 0 amide bonds. The standard InChI is InChI=1S/C14H19N5O2S/c1-9-5-10-6-15-13(21-22-18(3)4)17-11(10)12(16-9)19-7-14(2,20)8-19/h5-6,20H,7-8H2,1-4H3. The maximum absolute atomic E-state index is 9.95. The van der Waals surface area contributed by atoms with Gasteiger partial charge in [0.25, 0.3) is 0 Å². The van der Waals surface area contributed by atoms with Gasteiger partial charge in [0, 0.05) is 44.5 Å². The highest BCUT2D eigenvalue weighted by Gasteiger charge is 2.38. The van der Waals surface area contributed by atoms with Gasteiger partial charge >= 0.3 is 6.01 Å². The quantitative estimate of drug-likeness (QED) is 0.669. The smallest absolute Gasteiger partial charge is 0.330 e. The first kappa shape index (κ1) is 15.3. The molecule has 0 spiro atoms. The first-order chi connectivity index (χ1) is 10.3. The predicted octanol–water partition coefficient (Wildman–Crippen LogP) is 1.41. The highest BCUT2D eigenvalue weighted by molar-refractivity contribution is 7.92. The van der Waals surface area contributed by atoms with Crippen molar-refractivity contribution in [2.45, 2.75) is 19.4 Å². The van der Waals surface area contributed by atoms with Crippen molar-refractivity contribution in [2.75, 3.05) is 32.1 Å². The van der Waals surface area contributed by atoms with E-state index < -0.39 is 5.60 Å². The molecule has 1 aliphatic rings. The van der Waals surface area contributed by atoms with E-state index in [9.17, 15) is 5.11 Å². The molecule has 0 aliphatic carbocycles. The summed E-state index contributed by atoms with van der Waals surface area (Å²) < 4.78 is 7.27. The average Bonchev–Trinajstić information content (AvgIpc) is 2.41. The van der Waals surface area contributed by atoms with Crippen LogP contribution in [-0.2, 0) is 0 Å². The normalized spacial score (nSPS) is 16.9. The average molecular weight is 321 g/mol. The summed E-state index contributed by atoms with van der Waals surface area (Å²) in [5.74, 6) is 0.767. The number of rotatable bonds is 4. The minimum absolute atomic E-state index is 0.297. The molecule has 0 atom stereocenters. The molecule has 0 radical (unpaired) electrons. The van der Waals surface area contributed by atoms with Gasteiger partial charge in [-0.1, -0.05) is 0 Å². The molecule has 0 aromatic carbocycles. The van der Waals surface area contributed by atoms with Crippen molar-refractivity contribution >= 4 is 28.9 Å². The SMILES string of the molecule is Cc1cc2cnc(OSN(C)C)nc2c(N2CC(C)(O)C2)n1. The van der Waals surface area contributed by atoms with Crippen molar-refractivity contribution < 1.29 is 9.29 Å². The van der Waals surface area contributed by atoms with Gasteiger partial charge in [0.2, 0.25) is 0 Å². The van der Waals surface area contributed by atoms with Crippen molar-refractivity contribution in [3.63, 3.8) is 0 Å². The van der Waals surface area contributed by atoms with Crippen molar-refractivity contribution in [3.05, 3.63) is 18.0 Å².